The second kappa shape index (κ2) is 4.92. The zero-order valence-corrected chi connectivity index (χ0v) is 11.2. The lowest BCUT2D eigenvalue weighted by Gasteiger charge is -2.12. The van der Waals surface area contributed by atoms with Crippen molar-refractivity contribution in [1.29, 1.82) is 0 Å². The summed E-state index contributed by atoms with van der Waals surface area (Å²) in [7, 11) is 0. The molecule has 0 amide bonds. The Kier molecular flexibility index (Phi) is 3.10. The number of halogens is 1. The molecule has 0 bridgehead atoms. The molecule has 20 heavy (non-hydrogen) atoms. The van der Waals surface area contributed by atoms with E-state index in [4.69, 9.17) is 5.73 Å². The number of imidazole rings is 1. The summed E-state index contributed by atoms with van der Waals surface area (Å²) in [5, 5.41) is 0.750. The van der Waals surface area contributed by atoms with E-state index in [2.05, 4.69) is 16.9 Å². The number of aryl methyl sites for hydroxylation is 1. The molecule has 2 aromatic heterocycles. The number of pyridine rings is 1. The average Bonchev–Trinajstić information content (AvgIpc) is 2.88. The van der Waals surface area contributed by atoms with Gasteiger partial charge in [-0.2, -0.15) is 0 Å². The fourth-order valence-electron chi connectivity index (χ4n) is 2.40. The van der Waals surface area contributed by atoms with Crippen LogP contribution in [0.3, 0.4) is 0 Å². The van der Waals surface area contributed by atoms with Gasteiger partial charge in [0.2, 0.25) is 0 Å². The van der Waals surface area contributed by atoms with Crippen molar-refractivity contribution in [3.05, 3.63) is 48.4 Å². The SMILES string of the molecule is CCCc1nccn1-c1c(F)cc(N)c2cccnc12. The molecule has 0 spiro atoms. The summed E-state index contributed by atoms with van der Waals surface area (Å²) in [4.78, 5) is 8.58. The number of hydrogen-bond acceptors (Lipinski definition) is 3. The Morgan fingerprint density at radius 1 is 1.30 bits per heavy atom. The fraction of sp³-hybridized carbons (Fsp3) is 0.200. The third-order valence-corrected chi connectivity index (χ3v) is 3.28. The number of nitrogen functional groups attached to an aromatic ring is 1. The first-order chi connectivity index (χ1) is 9.72. The van der Waals surface area contributed by atoms with Crippen molar-refractivity contribution in [2.45, 2.75) is 19.8 Å². The van der Waals surface area contributed by atoms with E-state index >= 15 is 0 Å². The smallest absolute Gasteiger partial charge is 0.151 e. The Morgan fingerprint density at radius 3 is 2.95 bits per heavy atom. The maximum atomic E-state index is 14.4. The molecule has 0 fully saturated rings. The molecule has 0 aliphatic heterocycles. The zero-order chi connectivity index (χ0) is 14.1. The van der Waals surface area contributed by atoms with Crippen molar-refractivity contribution in [2.75, 3.05) is 5.73 Å². The fourth-order valence-corrected chi connectivity index (χ4v) is 2.40. The van der Waals surface area contributed by atoms with E-state index in [0.717, 1.165) is 24.1 Å². The summed E-state index contributed by atoms with van der Waals surface area (Å²) < 4.78 is 16.2. The van der Waals surface area contributed by atoms with Gasteiger partial charge in [-0.05, 0) is 24.6 Å². The molecule has 0 aliphatic carbocycles. The lowest BCUT2D eigenvalue weighted by atomic mass is 10.1. The molecule has 0 unspecified atom stereocenters. The van der Waals surface area contributed by atoms with E-state index in [1.165, 1.54) is 6.07 Å². The highest BCUT2D eigenvalue weighted by atomic mass is 19.1. The highest BCUT2D eigenvalue weighted by molar-refractivity contribution is 5.95. The zero-order valence-electron chi connectivity index (χ0n) is 11.2. The van der Waals surface area contributed by atoms with Gasteiger partial charge in [0.1, 0.15) is 11.5 Å². The third kappa shape index (κ3) is 1.91. The molecule has 0 radical (unpaired) electrons. The Labute approximate surface area is 116 Å². The number of nitrogens with zero attached hydrogens (tertiary/aromatic N) is 3. The van der Waals surface area contributed by atoms with Crippen molar-refractivity contribution in [3.8, 4) is 5.69 Å². The molecule has 4 nitrogen and oxygen atoms in total. The van der Waals surface area contributed by atoms with E-state index < -0.39 is 0 Å². The molecule has 2 heterocycles. The largest absolute Gasteiger partial charge is 0.398 e. The van der Waals surface area contributed by atoms with Crippen LogP contribution in [0.25, 0.3) is 16.6 Å². The summed E-state index contributed by atoms with van der Waals surface area (Å²) >= 11 is 0. The Balaban J connectivity index is 2.33. The van der Waals surface area contributed by atoms with Crippen LogP contribution in [0.2, 0.25) is 0 Å². The Morgan fingerprint density at radius 2 is 2.15 bits per heavy atom. The highest BCUT2D eigenvalue weighted by Gasteiger charge is 2.15. The van der Waals surface area contributed by atoms with Crippen molar-refractivity contribution in [3.63, 3.8) is 0 Å². The summed E-state index contributed by atoms with van der Waals surface area (Å²) in [6.45, 7) is 2.06. The predicted molar refractivity (Wildman–Crippen MR) is 77.2 cm³/mol. The molecule has 2 N–H and O–H groups in total. The van der Waals surface area contributed by atoms with Gasteiger partial charge in [0.25, 0.3) is 0 Å². The van der Waals surface area contributed by atoms with Gasteiger partial charge in [-0.25, -0.2) is 9.37 Å². The van der Waals surface area contributed by atoms with E-state index in [-0.39, 0.29) is 5.82 Å². The number of hydrogen-bond donors (Lipinski definition) is 1. The number of anilines is 1. The molecule has 1 aromatic carbocycles. The number of nitrogens with two attached hydrogens (primary N) is 1. The molecule has 3 aromatic rings. The first-order valence-electron chi connectivity index (χ1n) is 6.57. The molecular formula is C15H15FN4. The Bertz CT molecular complexity index is 764. The van der Waals surface area contributed by atoms with Crippen LogP contribution in [0.15, 0.2) is 36.8 Å². The van der Waals surface area contributed by atoms with E-state index in [1.54, 1.807) is 29.2 Å². The second-order valence-electron chi connectivity index (χ2n) is 4.66. The molecule has 0 atom stereocenters. The van der Waals surface area contributed by atoms with Gasteiger partial charge in [-0.1, -0.05) is 6.92 Å². The summed E-state index contributed by atoms with van der Waals surface area (Å²) in [5.41, 5.74) is 7.23. The number of aromatic nitrogens is 3. The summed E-state index contributed by atoms with van der Waals surface area (Å²) in [6.07, 6.45) is 6.80. The first kappa shape index (κ1) is 12.6. The summed E-state index contributed by atoms with van der Waals surface area (Å²) in [6, 6.07) is 4.98. The molecule has 0 saturated heterocycles. The minimum atomic E-state index is -0.385. The highest BCUT2D eigenvalue weighted by Crippen LogP contribution is 2.29. The standard InChI is InChI=1S/C15H15FN4/c1-2-4-13-18-7-8-20(13)15-11(16)9-12(17)10-5-3-6-19-14(10)15/h3,5-9H,2,4,17H2,1H3. The van der Waals surface area contributed by atoms with Crippen molar-refractivity contribution < 1.29 is 4.39 Å². The molecular weight excluding hydrogens is 255 g/mol. The predicted octanol–water partition coefficient (Wildman–Crippen LogP) is 3.09. The van der Waals surface area contributed by atoms with Crippen LogP contribution in [0.4, 0.5) is 10.1 Å². The number of benzene rings is 1. The van der Waals surface area contributed by atoms with Gasteiger partial charge in [0.05, 0.1) is 5.52 Å². The van der Waals surface area contributed by atoms with Crippen LogP contribution in [0.1, 0.15) is 19.2 Å². The lowest BCUT2D eigenvalue weighted by Crippen LogP contribution is -2.05. The van der Waals surface area contributed by atoms with Crippen molar-refractivity contribution in [2.24, 2.45) is 0 Å². The second-order valence-corrected chi connectivity index (χ2v) is 4.66. The normalized spacial score (nSPS) is 11.1. The minimum absolute atomic E-state index is 0.385. The van der Waals surface area contributed by atoms with Gasteiger partial charge >= 0.3 is 0 Å². The Hall–Kier alpha value is -2.43. The first-order valence-corrected chi connectivity index (χ1v) is 6.57. The van der Waals surface area contributed by atoms with Gasteiger partial charge in [-0.15, -0.1) is 0 Å². The van der Waals surface area contributed by atoms with Gasteiger partial charge in [-0.3, -0.25) is 9.55 Å². The van der Waals surface area contributed by atoms with Crippen molar-refractivity contribution >= 4 is 16.6 Å². The maximum absolute atomic E-state index is 14.4. The minimum Gasteiger partial charge on any atom is -0.398 e. The number of rotatable bonds is 3. The number of fused-ring (bicyclic) bond motifs is 1. The van der Waals surface area contributed by atoms with Crippen LogP contribution in [0.5, 0.6) is 0 Å². The van der Waals surface area contributed by atoms with Crippen LogP contribution >= 0.6 is 0 Å². The van der Waals surface area contributed by atoms with Crippen LogP contribution < -0.4 is 5.73 Å². The summed E-state index contributed by atoms with van der Waals surface area (Å²) in [5.74, 6) is 0.437. The van der Waals surface area contributed by atoms with Crippen LogP contribution in [0, 0.1) is 5.82 Å². The monoisotopic (exact) mass is 270 g/mol. The molecule has 0 saturated carbocycles. The van der Waals surface area contributed by atoms with Crippen molar-refractivity contribution in [1.82, 2.24) is 14.5 Å². The maximum Gasteiger partial charge on any atom is 0.151 e. The quantitative estimate of drug-likeness (QED) is 0.744. The van der Waals surface area contributed by atoms with E-state index in [0.29, 0.717) is 16.9 Å². The molecule has 0 aliphatic rings. The third-order valence-electron chi connectivity index (χ3n) is 3.28. The van der Waals surface area contributed by atoms with E-state index in [1.807, 2.05) is 6.07 Å². The van der Waals surface area contributed by atoms with E-state index in [9.17, 15) is 4.39 Å². The molecule has 102 valence electrons. The van der Waals surface area contributed by atoms with Crippen LogP contribution in [-0.4, -0.2) is 14.5 Å². The molecule has 3 rings (SSSR count). The van der Waals surface area contributed by atoms with Gasteiger partial charge in [0.15, 0.2) is 5.82 Å². The average molecular weight is 270 g/mol. The van der Waals surface area contributed by atoms with Crippen LogP contribution in [-0.2, 0) is 6.42 Å². The van der Waals surface area contributed by atoms with Gasteiger partial charge in [0, 0.05) is 36.1 Å². The lowest BCUT2D eigenvalue weighted by molar-refractivity contribution is 0.617. The molecule has 5 heteroatoms. The topological polar surface area (TPSA) is 56.7 Å². The van der Waals surface area contributed by atoms with Gasteiger partial charge < -0.3 is 5.73 Å².